The van der Waals surface area contributed by atoms with E-state index in [1.165, 1.54) is 19.3 Å². The molecule has 0 spiro atoms. The largest absolute Gasteiger partial charge is 0.342 e. The standard InChI is InChI=1S/C21H23N3O/c25-21-22-19-14-8-7-13-18(19)20(17-11-5-2-6-12-17)23-24(21)15-16-9-3-1-4-10-16/h1,3-4,7-10,13-14,17H,2,5-6,11-12,15H2,(H,22,25). The molecule has 2 aliphatic rings. The number of urea groups is 1. The van der Waals surface area contributed by atoms with Crippen LogP contribution in [0.1, 0.15) is 43.2 Å². The van der Waals surface area contributed by atoms with E-state index in [1.807, 2.05) is 48.5 Å². The molecule has 25 heavy (non-hydrogen) atoms. The van der Waals surface area contributed by atoms with E-state index in [-0.39, 0.29) is 6.03 Å². The minimum atomic E-state index is -0.165. The van der Waals surface area contributed by atoms with Crippen molar-refractivity contribution in [3.63, 3.8) is 0 Å². The van der Waals surface area contributed by atoms with Gasteiger partial charge >= 0.3 is 6.03 Å². The Balaban J connectivity index is 1.72. The number of amides is 2. The van der Waals surface area contributed by atoms with Crippen molar-refractivity contribution >= 4 is 17.4 Å². The number of benzene rings is 2. The normalized spacial score (nSPS) is 18.2. The second kappa shape index (κ2) is 7.09. The van der Waals surface area contributed by atoms with Crippen LogP contribution in [0.3, 0.4) is 0 Å². The first kappa shape index (κ1) is 15.9. The number of carbonyl (C=O) groups excluding carboxylic acids is 1. The predicted octanol–water partition coefficient (Wildman–Crippen LogP) is 5.02. The summed E-state index contributed by atoms with van der Waals surface area (Å²) in [6.45, 7) is 0.483. The average Bonchev–Trinajstić information content (AvgIpc) is 2.80. The van der Waals surface area contributed by atoms with Gasteiger partial charge in [0, 0.05) is 11.5 Å². The molecule has 2 amide bonds. The summed E-state index contributed by atoms with van der Waals surface area (Å²) in [6.07, 6.45) is 6.09. The van der Waals surface area contributed by atoms with Gasteiger partial charge < -0.3 is 5.32 Å². The first-order chi connectivity index (χ1) is 12.3. The number of fused-ring (bicyclic) bond motifs is 1. The van der Waals surface area contributed by atoms with Gasteiger partial charge in [-0.15, -0.1) is 0 Å². The molecule has 2 aromatic rings. The Labute approximate surface area is 148 Å². The molecule has 0 saturated heterocycles. The van der Waals surface area contributed by atoms with E-state index in [2.05, 4.69) is 11.4 Å². The number of anilines is 1. The minimum Gasteiger partial charge on any atom is -0.306 e. The molecule has 1 aliphatic heterocycles. The maximum atomic E-state index is 12.7. The van der Waals surface area contributed by atoms with Gasteiger partial charge in [-0.3, -0.25) is 0 Å². The summed E-state index contributed by atoms with van der Waals surface area (Å²) in [7, 11) is 0. The van der Waals surface area contributed by atoms with Crippen LogP contribution in [0.2, 0.25) is 0 Å². The lowest BCUT2D eigenvalue weighted by molar-refractivity contribution is 0.211. The van der Waals surface area contributed by atoms with E-state index in [4.69, 9.17) is 5.10 Å². The van der Waals surface area contributed by atoms with Crippen LogP contribution in [-0.2, 0) is 6.54 Å². The van der Waals surface area contributed by atoms with Gasteiger partial charge in [0.15, 0.2) is 0 Å². The van der Waals surface area contributed by atoms with Gasteiger partial charge in [-0.2, -0.15) is 5.10 Å². The van der Waals surface area contributed by atoms with E-state index in [0.717, 1.165) is 35.4 Å². The molecule has 0 atom stereocenters. The first-order valence-corrected chi connectivity index (χ1v) is 9.11. The third-order valence-corrected chi connectivity index (χ3v) is 5.07. The van der Waals surface area contributed by atoms with Gasteiger partial charge in [0.25, 0.3) is 0 Å². The van der Waals surface area contributed by atoms with Crippen molar-refractivity contribution in [1.82, 2.24) is 5.01 Å². The monoisotopic (exact) mass is 333 g/mol. The molecule has 128 valence electrons. The Morgan fingerprint density at radius 3 is 2.48 bits per heavy atom. The molecule has 0 bridgehead atoms. The SMILES string of the molecule is O=C1Nc2ccccc2C(C2CCCCC2)=NN1Cc1ccccc1. The molecule has 4 rings (SSSR count). The van der Waals surface area contributed by atoms with Crippen LogP contribution in [0, 0.1) is 5.92 Å². The molecule has 1 aliphatic carbocycles. The maximum Gasteiger partial charge on any atom is 0.342 e. The summed E-state index contributed by atoms with van der Waals surface area (Å²) in [6, 6.07) is 17.9. The van der Waals surface area contributed by atoms with Crippen LogP contribution in [0.4, 0.5) is 10.5 Å². The zero-order valence-electron chi connectivity index (χ0n) is 14.3. The highest BCUT2D eigenvalue weighted by Crippen LogP contribution is 2.32. The van der Waals surface area contributed by atoms with Crippen LogP contribution in [0.25, 0.3) is 0 Å². The van der Waals surface area contributed by atoms with Crippen molar-refractivity contribution in [1.29, 1.82) is 0 Å². The van der Waals surface area contributed by atoms with Crippen molar-refractivity contribution in [2.45, 2.75) is 38.6 Å². The summed E-state index contributed by atoms with van der Waals surface area (Å²) in [5, 5.41) is 9.47. The lowest BCUT2D eigenvalue weighted by atomic mass is 9.83. The summed E-state index contributed by atoms with van der Waals surface area (Å²) in [5.74, 6) is 0.431. The van der Waals surface area contributed by atoms with E-state index >= 15 is 0 Å². The first-order valence-electron chi connectivity index (χ1n) is 9.11. The predicted molar refractivity (Wildman–Crippen MR) is 101 cm³/mol. The molecule has 0 unspecified atom stereocenters. The Bertz CT molecular complexity index is 779. The second-order valence-electron chi connectivity index (χ2n) is 6.84. The molecule has 0 aromatic heterocycles. The molecule has 1 saturated carbocycles. The lowest BCUT2D eigenvalue weighted by Gasteiger charge is -2.24. The molecule has 0 radical (unpaired) electrons. The Morgan fingerprint density at radius 1 is 0.960 bits per heavy atom. The van der Waals surface area contributed by atoms with Crippen molar-refractivity contribution in [3.05, 3.63) is 65.7 Å². The van der Waals surface area contributed by atoms with Crippen LogP contribution in [-0.4, -0.2) is 16.8 Å². The highest BCUT2D eigenvalue weighted by molar-refractivity contribution is 6.10. The van der Waals surface area contributed by atoms with Crippen LogP contribution < -0.4 is 5.32 Å². The fourth-order valence-electron chi connectivity index (χ4n) is 3.77. The van der Waals surface area contributed by atoms with Crippen LogP contribution >= 0.6 is 0 Å². The summed E-state index contributed by atoms with van der Waals surface area (Å²) in [5.41, 5.74) is 4.07. The van der Waals surface area contributed by atoms with Crippen molar-refractivity contribution in [2.75, 3.05) is 5.32 Å². The van der Waals surface area contributed by atoms with E-state index in [9.17, 15) is 4.79 Å². The fourth-order valence-corrected chi connectivity index (χ4v) is 3.77. The second-order valence-corrected chi connectivity index (χ2v) is 6.84. The van der Waals surface area contributed by atoms with Crippen molar-refractivity contribution in [3.8, 4) is 0 Å². The molecule has 4 nitrogen and oxygen atoms in total. The van der Waals surface area contributed by atoms with Gasteiger partial charge in [0.05, 0.1) is 17.9 Å². The summed E-state index contributed by atoms with van der Waals surface area (Å²) in [4.78, 5) is 12.7. The molecule has 4 heteroatoms. The molecule has 1 heterocycles. The third-order valence-electron chi connectivity index (χ3n) is 5.07. The van der Waals surface area contributed by atoms with E-state index < -0.39 is 0 Å². The van der Waals surface area contributed by atoms with Gasteiger partial charge in [-0.1, -0.05) is 67.8 Å². The zero-order valence-corrected chi connectivity index (χ0v) is 14.3. The van der Waals surface area contributed by atoms with Gasteiger partial charge in [-0.25, -0.2) is 9.80 Å². The Hall–Kier alpha value is -2.62. The lowest BCUT2D eigenvalue weighted by Crippen LogP contribution is -2.30. The number of nitrogens with zero attached hydrogens (tertiary/aromatic N) is 2. The van der Waals surface area contributed by atoms with E-state index in [1.54, 1.807) is 5.01 Å². The molecule has 1 N–H and O–H groups in total. The minimum absolute atomic E-state index is 0.165. The van der Waals surface area contributed by atoms with E-state index in [0.29, 0.717) is 12.5 Å². The van der Waals surface area contributed by atoms with Crippen LogP contribution in [0.5, 0.6) is 0 Å². The third kappa shape index (κ3) is 3.43. The Morgan fingerprint density at radius 2 is 1.68 bits per heavy atom. The molecule has 1 fully saturated rings. The zero-order chi connectivity index (χ0) is 17.1. The number of hydrogen-bond acceptors (Lipinski definition) is 2. The topological polar surface area (TPSA) is 44.7 Å². The summed E-state index contributed by atoms with van der Waals surface area (Å²) < 4.78 is 0. The fraction of sp³-hybridized carbons (Fsp3) is 0.333. The number of carbonyl (C=O) groups is 1. The molecular weight excluding hydrogens is 310 g/mol. The number of rotatable bonds is 3. The average molecular weight is 333 g/mol. The molecule has 2 aromatic carbocycles. The molecular formula is C21H23N3O. The van der Waals surface area contributed by atoms with Crippen molar-refractivity contribution < 1.29 is 4.79 Å². The van der Waals surface area contributed by atoms with Crippen molar-refractivity contribution in [2.24, 2.45) is 11.0 Å². The van der Waals surface area contributed by atoms with Crippen LogP contribution in [0.15, 0.2) is 59.7 Å². The highest BCUT2D eigenvalue weighted by atomic mass is 16.2. The number of hydrogen-bond donors (Lipinski definition) is 1. The van der Waals surface area contributed by atoms with Gasteiger partial charge in [0.1, 0.15) is 0 Å². The smallest absolute Gasteiger partial charge is 0.306 e. The maximum absolute atomic E-state index is 12.7. The van der Waals surface area contributed by atoms with Gasteiger partial charge in [0.2, 0.25) is 0 Å². The number of hydrazone groups is 1. The number of nitrogens with one attached hydrogen (secondary N) is 1. The number of para-hydroxylation sites is 1. The quantitative estimate of drug-likeness (QED) is 0.842. The Kier molecular flexibility index (Phi) is 4.51. The highest BCUT2D eigenvalue weighted by Gasteiger charge is 2.28. The van der Waals surface area contributed by atoms with Gasteiger partial charge in [-0.05, 0) is 24.5 Å². The summed E-state index contributed by atoms with van der Waals surface area (Å²) >= 11 is 0.